The normalized spacial score (nSPS) is 13.9. The first-order valence-electron chi connectivity index (χ1n) is 13.0. The van der Waals surface area contributed by atoms with Gasteiger partial charge in [-0.1, -0.05) is 105 Å². The minimum Gasteiger partial charge on any atom is -0.512 e. The van der Waals surface area contributed by atoms with E-state index in [4.69, 9.17) is 0 Å². The highest BCUT2D eigenvalue weighted by Crippen LogP contribution is 2.56. The summed E-state index contributed by atoms with van der Waals surface area (Å²) >= 11 is 0. The maximum atomic E-state index is 10.5. The van der Waals surface area contributed by atoms with Crippen molar-refractivity contribution >= 4 is 22.9 Å². The van der Waals surface area contributed by atoms with Crippen molar-refractivity contribution in [3.63, 3.8) is 0 Å². The first-order valence-corrected chi connectivity index (χ1v) is 13.0. The maximum Gasteiger partial charge on any atom is 0.116 e. The van der Waals surface area contributed by atoms with Crippen LogP contribution in [0.3, 0.4) is 0 Å². The lowest BCUT2D eigenvalue weighted by Crippen LogP contribution is -2.28. The van der Waals surface area contributed by atoms with Gasteiger partial charge in [-0.15, -0.1) is 0 Å². The van der Waals surface area contributed by atoms with Gasteiger partial charge in [-0.3, -0.25) is 0 Å². The topological polar surface area (TPSA) is 40.5 Å². The van der Waals surface area contributed by atoms with Gasteiger partial charge in [0.2, 0.25) is 0 Å². The van der Waals surface area contributed by atoms with Gasteiger partial charge in [0.15, 0.2) is 0 Å². The highest BCUT2D eigenvalue weighted by molar-refractivity contribution is 5.90. The van der Waals surface area contributed by atoms with Crippen LogP contribution in [0.2, 0.25) is 0 Å². The summed E-state index contributed by atoms with van der Waals surface area (Å²) in [6.07, 6.45) is 3.71. The van der Waals surface area contributed by atoms with Crippen molar-refractivity contribution in [2.45, 2.75) is 19.3 Å². The molecule has 0 unspecified atom stereocenters. The van der Waals surface area contributed by atoms with E-state index in [0.717, 1.165) is 33.0 Å². The average molecular weight is 495 g/mol. The summed E-state index contributed by atoms with van der Waals surface area (Å²) in [7, 11) is 0. The number of benzene rings is 5. The lowest BCUT2D eigenvalue weighted by molar-refractivity contribution is 0.357. The Morgan fingerprint density at radius 1 is 0.711 bits per heavy atom. The SMILES string of the molecule is C=Cc1cc(C2(c3ccc4cc(O)ccc4c3)c3ccccc3-c3ccccc32)ccc1/C=C(/O)C(C)C. The number of rotatable bonds is 5. The molecular formula is C36H30O2. The Bertz CT molecular complexity index is 1690. The van der Waals surface area contributed by atoms with Crippen molar-refractivity contribution in [2.75, 3.05) is 0 Å². The van der Waals surface area contributed by atoms with Crippen LogP contribution in [0.1, 0.15) is 47.2 Å². The van der Waals surface area contributed by atoms with Gasteiger partial charge in [0.05, 0.1) is 11.2 Å². The molecule has 5 aromatic rings. The molecule has 0 amide bonds. The largest absolute Gasteiger partial charge is 0.512 e. The fourth-order valence-corrected chi connectivity index (χ4v) is 5.93. The Hall–Kier alpha value is -4.56. The lowest BCUT2D eigenvalue weighted by Gasteiger charge is -2.34. The van der Waals surface area contributed by atoms with Crippen LogP contribution in [0.5, 0.6) is 5.75 Å². The number of hydrogen-bond donors (Lipinski definition) is 2. The fraction of sp³-hybridized carbons (Fsp3) is 0.111. The van der Waals surface area contributed by atoms with E-state index in [1.807, 2.05) is 32.1 Å². The first-order chi connectivity index (χ1) is 18.4. The zero-order valence-corrected chi connectivity index (χ0v) is 21.6. The number of phenolic OH excluding ortho intramolecular Hbond substituents is 1. The molecule has 0 saturated heterocycles. The van der Waals surface area contributed by atoms with Gasteiger partial charge in [0.1, 0.15) is 5.75 Å². The molecule has 0 bridgehead atoms. The number of allylic oxidation sites excluding steroid dienone is 1. The van der Waals surface area contributed by atoms with Crippen LogP contribution in [0, 0.1) is 5.92 Å². The molecule has 186 valence electrons. The Morgan fingerprint density at radius 3 is 1.95 bits per heavy atom. The second-order valence-electron chi connectivity index (χ2n) is 10.4. The molecular weight excluding hydrogens is 464 g/mol. The molecule has 1 aliphatic carbocycles. The fourth-order valence-electron chi connectivity index (χ4n) is 5.93. The van der Waals surface area contributed by atoms with Crippen LogP contribution in [-0.4, -0.2) is 10.2 Å². The highest BCUT2D eigenvalue weighted by Gasteiger charge is 2.46. The summed E-state index contributed by atoms with van der Waals surface area (Å²) in [5, 5.41) is 22.6. The van der Waals surface area contributed by atoms with Crippen molar-refractivity contribution in [2.24, 2.45) is 5.92 Å². The molecule has 1 aliphatic rings. The molecule has 38 heavy (non-hydrogen) atoms. The van der Waals surface area contributed by atoms with Gasteiger partial charge in [-0.25, -0.2) is 0 Å². The number of aliphatic hydroxyl groups is 1. The van der Waals surface area contributed by atoms with Gasteiger partial charge in [-0.05, 0) is 85.6 Å². The predicted molar refractivity (Wildman–Crippen MR) is 158 cm³/mol. The molecule has 0 fully saturated rings. The Balaban J connectivity index is 1.70. The Kier molecular flexibility index (Phi) is 5.69. The third kappa shape index (κ3) is 3.56. The third-order valence-corrected chi connectivity index (χ3v) is 7.84. The van der Waals surface area contributed by atoms with Crippen molar-refractivity contribution in [3.8, 4) is 16.9 Å². The third-order valence-electron chi connectivity index (χ3n) is 7.84. The summed E-state index contributed by atoms with van der Waals surface area (Å²) in [5.74, 6) is 0.662. The minimum atomic E-state index is -0.542. The van der Waals surface area contributed by atoms with E-state index in [2.05, 4.69) is 91.5 Å². The zero-order valence-electron chi connectivity index (χ0n) is 21.6. The number of phenols is 1. The molecule has 6 rings (SSSR count). The second-order valence-corrected chi connectivity index (χ2v) is 10.4. The molecule has 0 saturated carbocycles. The molecule has 0 spiro atoms. The Labute approximate surface area is 223 Å². The minimum absolute atomic E-state index is 0.0457. The molecule has 2 nitrogen and oxygen atoms in total. The summed E-state index contributed by atoms with van der Waals surface area (Å²) in [6.45, 7) is 8.07. The Morgan fingerprint density at radius 2 is 1.29 bits per heavy atom. The molecule has 5 aromatic carbocycles. The van der Waals surface area contributed by atoms with Crippen molar-refractivity contribution in [1.82, 2.24) is 0 Å². The number of hydrogen-bond acceptors (Lipinski definition) is 2. The lowest BCUT2D eigenvalue weighted by atomic mass is 9.67. The molecule has 0 atom stereocenters. The van der Waals surface area contributed by atoms with Gasteiger partial charge < -0.3 is 10.2 Å². The van der Waals surface area contributed by atoms with Gasteiger partial charge in [-0.2, -0.15) is 0 Å². The molecule has 0 aromatic heterocycles. The van der Waals surface area contributed by atoms with E-state index >= 15 is 0 Å². The van der Waals surface area contributed by atoms with Crippen LogP contribution in [0.15, 0.2) is 115 Å². The van der Waals surface area contributed by atoms with Gasteiger partial charge >= 0.3 is 0 Å². The van der Waals surface area contributed by atoms with E-state index in [1.165, 1.54) is 22.3 Å². The van der Waals surface area contributed by atoms with E-state index in [0.29, 0.717) is 5.76 Å². The van der Waals surface area contributed by atoms with Crippen LogP contribution < -0.4 is 0 Å². The van der Waals surface area contributed by atoms with Gasteiger partial charge in [0, 0.05) is 5.92 Å². The van der Waals surface area contributed by atoms with Crippen LogP contribution in [0.4, 0.5) is 0 Å². The standard InChI is InChI=1S/C36H30O2/c1-4-24-19-28(17-14-27(24)22-35(38)23(2)3)36(29-16-13-26-21-30(37)18-15-25(26)20-29)33-11-7-5-9-31(33)32-10-6-8-12-34(32)36/h4-23,37-38H,1H2,2-3H3/b35-22+. The summed E-state index contributed by atoms with van der Waals surface area (Å²) in [6, 6.07) is 35.9. The van der Waals surface area contributed by atoms with Crippen LogP contribution in [-0.2, 0) is 5.41 Å². The van der Waals surface area contributed by atoms with Crippen molar-refractivity contribution in [1.29, 1.82) is 0 Å². The number of aliphatic hydroxyl groups excluding tert-OH is 1. The van der Waals surface area contributed by atoms with Crippen LogP contribution in [0.25, 0.3) is 34.1 Å². The quantitative estimate of drug-likeness (QED) is 0.235. The molecule has 2 heteroatoms. The number of aromatic hydroxyl groups is 1. The monoisotopic (exact) mass is 494 g/mol. The van der Waals surface area contributed by atoms with E-state index in [9.17, 15) is 10.2 Å². The number of fused-ring (bicyclic) bond motifs is 4. The summed E-state index contributed by atoms with van der Waals surface area (Å²) in [4.78, 5) is 0. The molecule has 0 aliphatic heterocycles. The summed E-state index contributed by atoms with van der Waals surface area (Å²) < 4.78 is 0. The van der Waals surface area contributed by atoms with Crippen molar-refractivity contribution < 1.29 is 10.2 Å². The highest BCUT2D eigenvalue weighted by atomic mass is 16.3. The van der Waals surface area contributed by atoms with Crippen LogP contribution >= 0.6 is 0 Å². The maximum absolute atomic E-state index is 10.5. The molecule has 0 radical (unpaired) electrons. The van der Waals surface area contributed by atoms with Crippen molar-refractivity contribution in [3.05, 3.63) is 149 Å². The molecule has 2 N–H and O–H groups in total. The van der Waals surface area contributed by atoms with Gasteiger partial charge in [0.25, 0.3) is 0 Å². The van der Waals surface area contributed by atoms with E-state index in [1.54, 1.807) is 12.1 Å². The average Bonchev–Trinajstić information content (AvgIpc) is 3.24. The zero-order chi connectivity index (χ0) is 26.4. The first kappa shape index (κ1) is 23.8. The second kappa shape index (κ2) is 9.08. The smallest absolute Gasteiger partial charge is 0.116 e. The van der Waals surface area contributed by atoms with E-state index in [-0.39, 0.29) is 11.7 Å². The predicted octanol–water partition coefficient (Wildman–Crippen LogP) is 9.11. The van der Waals surface area contributed by atoms with E-state index < -0.39 is 5.41 Å². The summed E-state index contributed by atoms with van der Waals surface area (Å²) in [5.41, 5.74) is 8.62. The molecule has 0 heterocycles.